The van der Waals surface area contributed by atoms with E-state index < -0.39 is 11.7 Å². The number of hydrogen-bond acceptors (Lipinski definition) is 4. The highest BCUT2D eigenvalue weighted by molar-refractivity contribution is 6.03. The summed E-state index contributed by atoms with van der Waals surface area (Å²) < 4.78 is 19.7. The first-order valence-electron chi connectivity index (χ1n) is 9.56. The molecule has 3 atom stereocenters. The van der Waals surface area contributed by atoms with Crippen LogP contribution in [0.4, 0.5) is 4.39 Å². The minimum atomic E-state index is -0.745. The van der Waals surface area contributed by atoms with Crippen LogP contribution in [-0.4, -0.2) is 23.0 Å². The smallest absolute Gasteiger partial charge is 0.268 e. The molecule has 1 aliphatic carbocycles. The number of carbonyl (C=O) groups excluding carboxylic acids is 1. The molecule has 2 aromatic heterocycles. The molecule has 1 aromatic carbocycles. The van der Waals surface area contributed by atoms with Gasteiger partial charge in [-0.25, -0.2) is 4.39 Å². The molecule has 0 aliphatic heterocycles. The Labute approximate surface area is 166 Å². The minimum Gasteiger partial charge on any atom is -0.493 e. The average Bonchev–Trinajstić information content (AvgIpc) is 3.08. The van der Waals surface area contributed by atoms with Gasteiger partial charge >= 0.3 is 0 Å². The predicted molar refractivity (Wildman–Crippen MR) is 108 cm³/mol. The standard InChI is InChI=1S/C22H22FN3O3/c1-11-6-7-12(18(11)13-4-3-5-14(23)21(13)29-2)16-10-17(27)19-15(26-16)8-9-25-20(19)22(24)28/h3-5,8-12,18H,6-7H2,1-2H3,(H2,24,28)(H,26,27)/t11-,12+,18-/m1/s1. The summed E-state index contributed by atoms with van der Waals surface area (Å²) >= 11 is 0. The molecule has 0 saturated heterocycles. The average molecular weight is 395 g/mol. The van der Waals surface area contributed by atoms with Gasteiger partial charge in [-0.2, -0.15) is 0 Å². The van der Waals surface area contributed by atoms with Crippen LogP contribution in [0, 0.1) is 11.7 Å². The van der Waals surface area contributed by atoms with E-state index in [-0.39, 0.29) is 40.0 Å². The maximum atomic E-state index is 14.3. The second-order valence-electron chi connectivity index (χ2n) is 7.58. The molecule has 150 valence electrons. The number of aromatic nitrogens is 2. The van der Waals surface area contributed by atoms with Crippen molar-refractivity contribution in [2.75, 3.05) is 7.11 Å². The Hall–Kier alpha value is -3.22. The van der Waals surface area contributed by atoms with Crippen molar-refractivity contribution in [3.63, 3.8) is 0 Å². The number of hydrogen-bond donors (Lipinski definition) is 2. The topological polar surface area (TPSA) is 98.1 Å². The molecule has 29 heavy (non-hydrogen) atoms. The van der Waals surface area contributed by atoms with Crippen molar-refractivity contribution in [2.24, 2.45) is 11.7 Å². The molecule has 0 spiro atoms. The zero-order valence-electron chi connectivity index (χ0n) is 16.2. The van der Waals surface area contributed by atoms with E-state index in [9.17, 15) is 14.0 Å². The van der Waals surface area contributed by atoms with Crippen LogP contribution in [0.2, 0.25) is 0 Å². The summed E-state index contributed by atoms with van der Waals surface area (Å²) in [5, 5.41) is 0.190. The summed E-state index contributed by atoms with van der Waals surface area (Å²) in [6.45, 7) is 2.13. The summed E-state index contributed by atoms with van der Waals surface area (Å²) in [4.78, 5) is 31.7. The van der Waals surface area contributed by atoms with Crippen LogP contribution in [0.5, 0.6) is 5.75 Å². The summed E-state index contributed by atoms with van der Waals surface area (Å²) in [6.07, 6.45) is 3.24. The van der Waals surface area contributed by atoms with E-state index >= 15 is 0 Å². The third kappa shape index (κ3) is 3.16. The molecule has 7 heteroatoms. The molecule has 3 N–H and O–H groups in total. The number of nitrogens with one attached hydrogen (secondary N) is 1. The highest BCUT2D eigenvalue weighted by Gasteiger charge is 2.38. The number of halogens is 1. The van der Waals surface area contributed by atoms with Gasteiger partial charge in [0.15, 0.2) is 17.0 Å². The van der Waals surface area contributed by atoms with E-state index in [1.165, 1.54) is 25.4 Å². The highest BCUT2D eigenvalue weighted by atomic mass is 19.1. The van der Waals surface area contributed by atoms with Gasteiger partial charge in [0.25, 0.3) is 5.91 Å². The molecule has 0 bridgehead atoms. The van der Waals surface area contributed by atoms with E-state index in [2.05, 4.69) is 16.9 Å². The normalized spacial score (nSPS) is 21.4. The van der Waals surface area contributed by atoms with Gasteiger partial charge in [0.1, 0.15) is 5.69 Å². The Morgan fingerprint density at radius 3 is 2.83 bits per heavy atom. The van der Waals surface area contributed by atoms with Crippen LogP contribution >= 0.6 is 0 Å². The van der Waals surface area contributed by atoms with Crippen LogP contribution in [0.3, 0.4) is 0 Å². The maximum absolute atomic E-state index is 14.3. The van der Waals surface area contributed by atoms with Gasteiger partial charge in [-0.1, -0.05) is 19.1 Å². The second-order valence-corrected chi connectivity index (χ2v) is 7.58. The highest BCUT2D eigenvalue weighted by Crippen LogP contribution is 2.51. The summed E-state index contributed by atoms with van der Waals surface area (Å²) in [7, 11) is 1.47. The van der Waals surface area contributed by atoms with E-state index in [0.29, 0.717) is 5.52 Å². The molecule has 3 aromatic rings. The molecule has 1 saturated carbocycles. The summed E-state index contributed by atoms with van der Waals surface area (Å²) in [5.41, 5.74) is 7.09. The quantitative estimate of drug-likeness (QED) is 0.707. The number of carbonyl (C=O) groups is 1. The van der Waals surface area contributed by atoms with Gasteiger partial charge in [0, 0.05) is 29.4 Å². The number of nitrogens with zero attached hydrogens (tertiary/aromatic N) is 1. The van der Waals surface area contributed by atoms with Crippen molar-refractivity contribution in [2.45, 2.75) is 31.6 Å². The van der Waals surface area contributed by atoms with Crippen LogP contribution in [0.1, 0.15) is 53.3 Å². The Morgan fingerprint density at radius 2 is 2.10 bits per heavy atom. The minimum absolute atomic E-state index is 0.00815. The number of rotatable bonds is 4. The molecule has 1 fully saturated rings. The number of nitrogens with two attached hydrogens (primary N) is 1. The first kappa shape index (κ1) is 19.1. The lowest BCUT2D eigenvalue weighted by atomic mass is 9.81. The first-order chi connectivity index (χ1) is 13.9. The second kappa shape index (κ2) is 7.31. The number of benzene rings is 1. The van der Waals surface area contributed by atoms with Gasteiger partial charge in [0.2, 0.25) is 0 Å². The summed E-state index contributed by atoms with van der Waals surface area (Å²) in [5.74, 6) is -0.625. The largest absolute Gasteiger partial charge is 0.493 e. The molecule has 1 amide bonds. The van der Waals surface area contributed by atoms with Gasteiger partial charge in [0.05, 0.1) is 18.0 Å². The van der Waals surface area contributed by atoms with Crippen LogP contribution in [0.15, 0.2) is 41.3 Å². The fourth-order valence-electron chi connectivity index (χ4n) is 4.68. The zero-order valence-corrected chi connectivity index (χ0v) is 16.2. The number of para-hydroxylation sites is 1. The fourth-order valence-corrected chi connectivity index (χ4v) is 4.68. The monoisotopic (exact) mass is 395 g/mol. The number of H-pyrrole nitrogens is 1. The Bertz CT molecular complexity index is 1160. The number of primary amides is 1. The lowest BCUT2D eigenvalue weighted by Crippen LogP contribution is -2.19. The van der Waals surface area contributed by atoms with Gasteiger partial charge in [-0.15, -0.1) is 0 Å². The van der Waals surface area contributed by atoms with Gasteiger partial charge < -0.3 is 15.5 Å². The Morgan fingerprint density at radius 1 is 1.31 bits per heavy atom. The Kier molecular flexibility index (Phi) is 4.82. The number of pyridine rings is 2. The number of fused-ring (bicyclic) bond motifs is 1. The van der Waals surface area contributed by atoms with Crippen LogP contribution < -0.4 is 15.9 Å². The predicted octanol–water partition coefficient (Wildman–Crippen LogP) is 3.47. The number of amides is 1. The molecular weight excluding hydrogens is 373 g/mol. The molecule has 2 heterocycles. The Balaban J connectivity index is 1.86. The van der Waals surface area contributed by atoms with Crippen molar-refractivity contribution in [3.8, 4) is 5.75 Å². The SMILES string of the molecule is COc1c(F)cccc1[C@@H]1[C@H](C)CC[C@H]1c1cc(=O)c2c(C(N)=O)nccc2[nH]1. The van der Waals surface area contributed by atoms with Crippen LogP contribution in [-0.2, 0) is 0 Å². The van der Waals surface area contributed by atoms with Gasteiger partial charge in [-0.3, -0.25) is 14.6 Å². The fraction of sp³-hybridized carbons (Fsp3) is 0.318. The third-order valence-corrected chi connectivity index (χ3v) is 5.94. The van der Waals surface area contributed by atoms with Crippen molar-refractivity contribution >= 4 is 16.8 Å². The molecule has 0 unspecified atom stereocenters. The van der Waals surface area contributed by atoms with Crippen molar-refractivity contribution in [1.29, 1.82) is 0 Å². The maximum Gasteiger partial charge on any atom is 0.268 e. The van der Waals surface area contributed by atoms with E-state index in [1.54, 1.807) is 12.1 Å². The molecule has 1 aliphatic rings. The molecule has 0 radical (unpaired) electrons. The lowest BCUT2D eigenvalue weighted by molar-refractivity contribution is 0.0997. The van der Waals surface area contributed by atoms with E-state index in [0.717, 1.165) is 24.1 Å². The lowest BCUT2D eigenvalue weighted by Gasteiger charge is -2.25. The van der Waals surface area contributed by atoms with Crippen molar-refractivity contribution in [3.05, 3.63) is 69.5 Å². The zero-order chi connectivity index (χ0) is 20.7. The number of ether oxygens (including phenoxy) is 1. The molecular formula is C22H22FN3O3. The number of methoxy groups -OCH3 is 1. The van der Waals surface area contributed by atoms with Crippen molar-refractivity contribution in [1.82, 2.24) is 9.97 Å². The van der Waals surface area contributed by atoms with Gasteiger partial charge in [-0.05, 0) is 36.8 Å². The van der Waals surface area contributed by atoms with E-state index in [1.807, 2.05) is 6.07 Å². The third-order valence-electron chi connectivity index (χ3n) is 5.94. The van der Waals surface area contributed by atoms with E-state index in [4.69, 9.17) is 10.5 Å². The van der Waals surface area contributed by atoms with Crippen molar-refractivity contribution < 1.29 is 13.9 Å². The summed E-state index contributed by atoms with van der Waals surface area (Å²) in [6, 6.07) is 8.12. The number of aromatic amines is 1. The molecule has 4 rings (SSSR count). The molecule has 6 nitrogen and oxygen atoms in total. The first-order valence-corrected chi connectivity index (χ1v) is 9.56. The van der Waals surface area contributed by atoms with Crippen LogP contribution in [0.25, 0.3) is 10.9 Å².